The number of nitrogens with zero attached hydrogens (tertiary/aromatic N) is 1. The predicted molar refractivity (Wildman–Crippen MR) is 75.4 cm³/mol. The fourth-order valence-electron chi connectivity index (χ4n) is 1.97. The highest BCUT2D eigenvalue weighted by molar-refractivity contribution is 7.88. The molecule has 0 spiro atoms. The van der Waals surface area contributed by atoms with Gasteiger partial charge >= 0.3 is 0 Å². The molecule has 1 atom stereocenters. The second-order valence-corrected chi connectivity index (χ2v) is 7.69. The lowest BCUT2D eigenvalue weighted by Crippen LogP contribution is -2.36. The van der Waals surface area contributed by atoms with Gasteiger partial charge < -0.3 is 5.11 Å². The van der Waals surface area contributed by atoms with Crippen molar-refractivity contribution in [3.05, 3.63) is 34.6 Å². The first kappa shape index (κ1) is 15.7. The molecule has 1 saturated carbocycles. The molecule has 4 nitrogen and oxygen atoms in total. The number of hydrogen-bond donors (Lipinski definition) is 1. The Hall–Kier alpha value is -0.690. The first-order valence-corrected chi connectivity index (χ1v) is 8.34. The molecule has 112 valence electrons. The van der Waals surface area contributed by atoms with Gasteiger partial charge in [0.2, 0.25) is 10.0 Å². The summed E-state index contributed by atoms with van der Waals surface area (Å²) in [6, 6.07) is 3.82. The third-order valence-electron chi connectivity index (χ3n) is 3.43. The van der Waals surface area contributed by atoms with Crippen LogP contribution in [0, 0.1) is 11.7 Å². The summed E-state index contributed by atoms with van der Waals surface area (Å²) >= 11 is 5.74. The Bertz CT molecular complexity index is 589. The monoisotopic (exact) mass is 321 g/mol. The molecule has 1 aromatic rings. The number of hydrogen-bond acceptors (Lipinski definition) is 3. The van der Waals surface area contributed by atoms with E-state index in [2.05, 4.69) is 0 Å². The summed E-state index contributed by atoms with van der Waals surface area (Å²) < 4.78 is 38.9. The number of likely N-dealkylation sites (N-methyl/N-ethyl adjacent to an activating group) is 1. The highest BCUT2D eigenvalue weighted by Gasteiger charge is 2.32. The van der Waals surface area contributed by atoms with Crippen LogP contribution in [-0.4, -0.2) is 37.5 Å². The van der Waals surface area contributed by atoms with Crippen LogP contribution in [0.2, 0.25) is 5.02 Å². The van der Waals surface area contributed by atoms with Gasteiger partial charge in [0.25, 0.3) is 0 Å². The van der Waals surface area contributed by atoms with Crippen LogP contribution >= 0.6 is 11.6 Å². The Morgan fingerprint density at radius 3 is 2.75 bits per heavy atom. The van der Waals surface area contributed by atoms with Gasteiger partial charge in [-0.1, -0.05) is 11.6 Å². The summed E-state index contributed by atoms with van der Waals surface area (Å²) in [5, 5.41) is 10.1. The SMILES string of the molecule is CN(CC(O)C1CC1)S(=O)(=O)Cc1cc(Cl)ccc1F. The molecule has 0 radical (unpaired) electrons. The van der Waals surface area contributed by atoms with Crippen LogP contribution in [0.3, 0.4) is 0 Å². The Morgan fingerprint density at radius 2 is 2.15 bits per heavy atom. The van der Waals surface area contributed by atoms with Crippen LogP contribution < -0.4 is 0 Å². The van der Waals surface area contributed by atoms with E-state index in [0.29, 0.717) is 0 Å². The topological polar surface area (TPSA) is 57.6 Å². The molecule has 2 rings (SSSR count). The van der Waals surface area contributed by atoms with Crippen LogP contribution in [0.5, 0.6) is 0 Å². The van der Waals surface area contributed by atoms with Gasteiger partial charge in [0.15, 0.2) is 0 Å². The molecule has 0 amide bonds. The van der Waals surface area contributed by atoms with Crippen LogP contribution in [0.25, 0.3) is 0 Å². The second-order valence-electron chi connectivity index (χ2n) is 5.18. The minimum atomic E-state index is -3.68. The van der Waals surface area contributed by atoms with Crippen molar-refractivity contribution in [2.24, 2.45) is 5.92 Å². The minimum absolute atomic E-state index is 0.0326. The van der Waals surface area contributed by atoms with Gasteiger partial charge in [0.05, 0.1) is 11.9 Å². The van der Waals surface area contributed by atoms with Crippen LogP contribution in [0.4, 0.5) is 4.39 Å². The largest absolute Gasteiger partial charge is 0.391 e. The quantitative estimate of drug-likeness (QED) is 0.872. The van der Waals surface area contributed by atoms with E-state index in [1.165, 1.54) is 19.2 Å². The van der Waals surface area contributed by atoms with Crippen molar-refractivity contribution in [2.45, 2.75) is 24.7 Å². The number of benzene rings is 1. The third kappa shape index (κ3) is 3.91. The number of halogens is 2. The van der Waals surface area contributed by atoms with Gasteiger partial charge in [0, 0.05) is 24.2 Å². The standard InChI is InChI=1S/C13H17ClFNO3S/c1-16(7-13(17)9-2-3-9)20(18,19)8-10-6-11(14)4-5-12(10)15/h4-6,9,13,17H,2-3,7-8H2,1H3. The summed E-state index contributed by atoms with van der Waals surface area (Å²) in [5.41, 5.74) is 0.0326. The average Bonchev–Trinajstić information content (AvgIpc) is 3.17. The van der Waals surface area contributed by atoms with Crippen molar-refractivity contribution in [1.82, 2.24) is 4.31 Å². The van der Waals surface area contributed by atoms with Gasteiger partial charge in [-0.15, -0.1) is 0 Å². The van der Waals surface area contributed by atoms with Gasteiger partial charge in [0.1, 0.15) is 5.82 Å². The van der Waals surface area contributed by atoms with E-state index >= 15 is 0 Å². The average molecular weight is 322 g/mol. The lowest BCUT2D eigenvalue weighted by atomic mass is 10.2. The maximum Gasteiger partial charge on any atom is 0.218 e. The molecule has 0 heterocycles. The van der Waals surface area contributed by atoms with Crippen molar-refractivity contribution in [3.63, 3.8) is 0 Å². The molecule has 1 unspecified atom stereocenters. The summed E-state index contributed by atoms with van der Waals surface area (Å²) in [7, 11) is -2.29. The molecule has 0 aromatic heterocycles. The first-order valence-electron chi connectivity index (χ1n) is 6.35. The molecule has 1 aliphatic carbocycles. The van der Waals surface area contributed by atoms with Crippen LogP contribution in [0.1, 0.15) is 18.4 Å². The van der Waals surface area contributed by atoms with E-state index < -0.39 is 27.7 Å². The van der Waals surface area contributed by atoms with E-state index in [1.54, 1.807) is 0 Å². The Labute approximate surface area is 123 Å². The van der Waals surface area contributed by atoms with Crippen molar-refractivity contribution >= 4 is 21.6 Å². The first-order chi connectivity index (χ1) is 9.29. The minimum Gasteiger partial charge on any atom is -0.391 e. The number of aliphatic hydroxyl groups excluding tert-OH is 1. The maximum absolute atomic E-state index is 13.6. The highest BCUT2D eigenvalue weighted by Crippen LogP contribution is 2.33. The molecular weight excluding hydrogens is 305 g/mol. The molecule has 20 heavy (non-hydrogen) atoms. The second kappa shape index (κ2) is 5.97. The van der Waals surface area contributed by atoms with Crippen LogP contribution in [-0.2, 0) is 15.8 Å². The molecule has 1 aromatic carbocycles. The van der Waals surface area contributed by atoms with E-state index in [1.807, 2.05) is 0 Å². The fraction of sp³-hybridized carbons (Fsp3) is 0.538. The van der Waals surface area contributed by atoms with Crippen molar-refractivity contribution in [2.75, 3.05) is 13.6 Å². The Balaban J connectivity index is 2.07. The Kier molecular flexibility index (Phi) is 4.69. The molecule has 0 aliphatic heterocycles. The van der Waals surface area contributed by atoms with Gasteiger partial charge in [-0.2, -0.15) is 0 Å². The van der Waals surface area contributed by atoms with Crippen molar-refractivity contribution in [3.8, 4) is 0 Å². The highest BCUT2D eigenvalue weighted by atomic mass is 35.5. The third-order valence-corrected chi connectivity index (χ3v) is 5.44. The molecule has 0 saturated heterocycles. The molecule has 0 bridgehead atoms. The zero-order valence-corrected chi connectivity index (χ0v) is 12.7. The molecule has 1 aliphatic rings. The van der Waals surface area contributed by atoms with Crippen molar-refractivity contribution in [1.29, 1.82) is 0 Å². The Morgan fingerprint density at radius 1 is 1.50 bits per heavy atom. The lowest BCUT2D eigenvalue weighted by molar-refractivity contribution is 0.131. The zero-order chi connectivity index (χ0) is 14.9. The summed E-state index contributed by atoms with van der Waals surface area (Å²) in [4.78, 5) is 0. The molecular formula is C13H17ClFNO3S. The smallest absolute Gasteiger partial charge is 0.218 e. The normalized spacial score (nSPS) is 17.4. The van der Waals surface area contributed by atoms with Crippen molar-refractivity contribution < 1.29 is 17.9 Å². The predicted octanol–water partition coefficient (Wildman–Crippen LogP) is 2.01. The summed E-state index contributed by atoms with van der Waals surface area (Å²) in [6.45, 7) is 0.0369. The molecule has 7 heteroatoms. The summed E-state index contributed by atoms with van der Waals surface area (Å²) in [6.07, 6.45) is 1.20. The molecule has 1 N–H and O–H groups in total. The number of aliphatic hydroxyl groups is 1. The summed E-state index contributed by atoms with van der Waals surface area (Å²) in [5.74, 6) is -0.877. The van der Waals surface area contributed by atoms with E-state index in [9.17, 15) is 17.9 Å². The molecule has 1 fully saturated rings. The van der Waals surface area contributed by atoms with E-state index in [4.69, 9.17) is 11.6 Å². The fourth-order valence-corrected chi connectivity index (χ4v) is 3.38. The van der Waals surface area contributed by atoms with Gasteiger partial charge in [-0.3, -0.25) is 0 Å². The van der Waals surface area contributed by atoms with Crippen LogP contribution in [0.15, 0.2) is 18.2 Å². The van der Waals surface area contributed by atoms with Gasteiger partial charge in [-0.05, 0) is 37.0 Å². The number of rotatable bonds is 6. The van der Waals surface area contributed by atoms with E-state index in [-0.39, 0.29) is 23.0 Å². The zero-order valence-electron chi connectivity index (χ0n) is 11.1. The maximum atomic E-state index is 13.6. The van der Waals surface area contributed by atoms with E-state index in [0.717, 1.165) is 23.2 Å². The van der Waals surface area contributed by atoms with Gasteiger partial charge in [-0.25, -0.2) is 17.1 Å². The number of sulfonamides is 1. The lowest BCUT2D eigenvalue weighted by Gasteiger charge is -2.20.